The highest BCUT2D eigenvalue weighted by Gasteiger charge is 2.26. The smallest absolute Gasteiger partial charge is 0.274 e. The summed E-state index contributed by atoms with van der Waals surface area (Å²) in [5.74, 6) is -0.548. The zero-order valence-corrected chi connectivity index (χ0v) is 16.6. The lowest BCUT2D eigenvalue weighted by Crippen LogP contribution is -2.38. The van der Waals surface area contributed by atoms with Crippen LogP contribution in [0.3, 0.4) is 0 Å². The van der Waals surface area contributed by atoms with Crippen molar-refractivity contribution in [1.29, 1.82) is 0 Å². The lowest BCUT2D eigenvalue weighted by molar-refractivity contribution is -0.385. The minimum absolute atomic E-state index is 0.0972. The van der Waals surface area contributed by atoms with E-state index < -0.39 is 27.4 Å². The Balaban J connectivity index is 2.35. The first-order valence-electron chi connectivity index (χ1n) is 7.79. The molecule has 0 spiro atoms. The van der Waals surface area contributed by atoms with Crippen LogP contribution in [0.2, 0.25) is 0 Å². The number of sulfonamides is 1. The predicted molar refractivity (Wildman–Crippen MR) is 107 cm³/mol. The van der Waals surface area contributed by atoms with Crippen LogP contribution in [0.4, 0.5) is 17.1 Å². The molecule has 10 heteroatoms. The number of anilines is 2. The van der Waals surface area contributed by atoms with Crippen LogP contribution in [0.5, 0.6) is 0 Å². The third-order valence-corrected chi connectivity index (χ3v) is 5.73. The van der Waals surface area contributed by atoms with Gasteiger partial charge in [0.1, 0.15) is 6.54 Å². The van der Waals surface area contributed by atoms with Crippen molar-refractivity contribution >= 4 is 44.8 Å². The van der Waals surface area contributed by atoms with Gasteiger partial charge in [-0.2, -0.15) is 0 Å². The summed E-state index contributed by atoms with van der Waals surface area (Å²) < 4.78 is 25.4. The molecule has 0 aromatic heterocycles. The SMILES string of the molecule is CSc1ccccc1NC(=O)CN(c1cccc([N+](=O)[O-])c1C)S(C)(=O)=O. The Morgan fingerprint density at radius 1 is 1.22 bits per heavy atom. The van der Waals surface area contributed by atoms with Gasteiger partial charge in [0.05, 0.1) is 28.1 Å². The number of rotatable bonds is 7. The number of nitro groups is 1. The van der Waals surface area contributed by atoms with Crippen molar-refractivity contribution in [3.8, 4) is 0 Å². The fourth-order valence-corrected chi connectivity index (χ4v) is 3.99. The van der Waals surface area contributed by atoms with Gasteiger partial charge in [-0.05, 0) is 31.4 Å². The topological polar surface area (TPSA) is 110 Å². The molecule has 0 aliphatic carbocycles. The number of benzene rings is 2. The summed E-state index contributed by atoms with van der Waals surface area (Å²) >= 11 is 1.44. The second-order valence-electron chi connectivity index (χ2n) is 5.70. The maximum atomic E-state index is 12.5. The molecule has 0 saturated carbocycles. The molecular formula is C17H19N3O5S2. The van der Waals surface area contributed by atoms with Gasteiger partial charge in [-0.15, -0.1) is 11.8 Å². The summed E-state index contributed by atoms with van der Waals surface area (Å²) in [5, 5.41) is 13.8. The highest BCUT2D eigenvalue weighted by atomic mass is 32.2. The lowest BCUT2D eigenvalue weighted by atomic mass is 10.1. The quantitative estimate of drug-likeness (QED) is 0.428. The monoisotopic (exact) mass is 409 g/mol. The van der Waals surface area contributed by atoms with Crippen LogP contribution in [0.1, 0.15) is 5.56 Å². The Morgan fingerprint density at radius 3 is 2.48 bits per heavy atom. The second-order valence-corrected chi connectivity index (χ2v) is 8.45. The number of nitro benzene ring substituents is 1. The van der Waals surface area contributed by atoms with E-state index in [9.17, 15) is 23.3 Å². The Bertz CT molecular complexity index is 976. The lowest BCUT2D eigenvalue weighted by Gasteiger charge is -2.23. The molecule has 0 saturated heterocycles. The standard InChI is InChI=1S/C17H19N3O5S2/c1-12-14(8-6-9-15(12)20(22)23)19(27(3,24)25)11-17(21)18-13-7-4-5-10-16(13)26-2/h4-10H,11H2,1-3H3,(H,18,21). The molecule has 2 aromatic carbocycles. The number of para-hydroxylation sites is 1. The zero-order valence-electron chi connectivity index (χ0n) is 15.0. The first-order valence-corrected chi connectivity index (χ1v) is 10.9. The molecule has 8 nitrogen and oxygen atoms in total. The second kappa shape index (κ2) is 8.40. The number of carbonyl (C=O) groups excluding carboxylic acids is 1. The van der Waals surface area contributed by atoms with Gasteiger partial charge in [-0.3, -0.25) is 19.2 Å². The number of thioether (sulfide) groups is 1. The fourth-order valence-electron chi connectivity index (χ4n) is 2.53. The molecule has 0 atom stereocenters. The number of hydrogen-bond donors (Lipinski definition) is 1. The van der Waals surface area contributed by atoms with E-state index >= 15 is 0 Å². The number of carbonyl (C=O) groups is 1. The molecule has 0 unspecified atom stereocenters. The normalized spacial score (nSPS) is 11.1. The molecule has 0 aliphatic rings. The summed E-state index contributed by atoms with van der Waals surface area (Å²) in [7, 11) is -3.84. The Morgan fingerprint density at radius 2 is 1.89 bits per heavy atom. The van der Waals surface area contributed by atoms with E-state index in [0.717, 1.165) is 15.5 Å². The molecule has 0 heterocycles. The maximum Gasteiger partial charge on any atom is 0.274 e. The average Bonchev–Trinajstić information content (AvgIpc) is 2.59. The van der Waals surface area contributed by atoms with Gasteiger partial charge in [0.15, 0.2) is 0 Å². The van der Waals surface area contributed by atoms with Crippen LogP contribution >= 0.6 is 11.8 Å². The third-order valence-electron chi connectivity index (χ3n) is 3.81. The minimum atomic E-state index is -3.84. The number of nitrogens with one attached hydrogen (secondary N) is 1. The van der Waals surface area contributed by atoms with E-state index in [2.05, 4.69) is 5.32 Å². The fraction of sp³-hybridized carbons (Fsp3) is 0.235. The summed E-state index contributed by atoms with van der Waals surface area (Å²) in [4.78, 5) is 23.9. The first kappa shape index (κ1) is 20.7. The molecule has 144 valence electrons. The van der Waals surface area contributed by atoms with Crippen LogP contribution in [0, 0.1) is 17.0 Å². The maximum absolute atomic E-state index is 12.5. The van der Waals surface area contributed by atoms with Crippen molar-refractivity contribution in [2.45, 2.75) is 11.8 Å². The van der Waals surface area contributed by atoms with Crippen molar-refractivity contribution in [3.63, 3.8) is 0 Å². The predicted octanol–water partition coefficient (Wildman–Crippen LogP) is 3.03. The summed E-state index contributed by atoms with van der Waals surface area (Å²) in [6, 6.07) is 11.2. The van der Waals surface area contributed by atoms with Crippen LogP contribution in [0.25, 0.3) is 0 Å². The van der Waals surface area contributed by atoms with Gasteiger partial charge in [0.25, 0.3) is 5.69 Å². The van der Waals surface area contributed by atoms with Gasteiger partial charge in [0, 0.05) is 11.0 Å². The third kappa shape index (κ3) is 4.98. The summed E-state index contributed by atoms with van der Waals surface area (Å²) in [6.07, 6.45) is 2.81. The molecule has 2 aromatic rings. The number of amides is 1. The van der Waals surface area contributed by atoms with E-state index in [4.69, 9.17) is 0 Å². The van der Waals surface area contributed by atoms with Gasteiger partial charge in [-0.25, -0.2) is 8.42 Å². The minimum Gasteiger partial charge on any atom is -0.323 e. The van der Waals surface area contributed by atoms with Crippen molar-refractivity contribution in [1.82, 2.24) is 0 Å². The van der Waals surface area contributed by atoms with Crippen LogP contribution < -0.4 is 9.62 Å². The summed E-state index contributed by atoms with van der Waals surface area (Å²) in [5.41, 5.74) is 0.624. The van der Waals surface area contributed by atoms with Crippen molar-refractivity contribution in [3.05, 3.63) is 58.1 Å². The molecule has 27 heavy (non-hydrogen) atoms. The van der Waals surface area contributed by atoms with Crippen molar-refractivity contribution < 1.29 is 18.1 Å². The van der Waals surface area contributed by atoms with Crippen LogP contribution in [-0.2, 0) is 14.8 Å². The average molecular weight is 409 g/mol. The summed E-state index contributed by atoms with van der Waals surface area (Å²) in [6.45, 7) is 0.954. The molecule has 2 rings (SSSR count). The van der Waals surface area contributed by atoms with E-state index in [1.54, 1.807) is 12.1 Å². The van der Waals surface area contributed by atoms with E-state index in [-0.39, 0.29) is 16.9 Å². The van der Waals surface area contributed by atoms with Gasteiger partial charge < -0.3 is 5.32 Å². The first-order chi connectivity index (χ1) is 12.6. The van der Waals surface area contributed by atoms with Gasteiger partial charge in [0.2, 0.25) is 15.9 Å². The molecule has 0 aliphatic heterocycles. The molecular weight excluding hydrogens is 390 g/mol. The molecule has 0 bridgehead atoms. The number of nitrogens with zero attached hydrogens (tertiary/aromatic N) is 2. The van der Waals surface area contributed by atoms with E-state index in [0.29, 0.717) is 5.69 Å². The number of hydrogen-bond acceptors (Lipinski definition) is 6. The van der Waals surface area contributed by atoms with E-state index in [1.807, 2.05) is 18.4 Å². The van der Waals surface area contributed by atoms with E-state index in [1.165, 1.54) is 36.9 Å². The van der Waals surface area contributed by atoms with Crippen LogP contribution in [0.15, 0.2) is 47.4 Å². The van der Waals surface area contributed by atoms with Gasteiger partial charge in [-0.1, -0.05) is 18.2 Å². The highest BCUT2D eigenvalue weighted by Crippen LogP contribution is 2.30. The zero-order chi connectivity index (χ0) is 20.2. The molecule has 1 amide bonds. The van der Waals surface area contributed by atoms with Crippen molar-refractivity contribution in [2.75, 3.05) is 28.7 Å². The molecule has 1 N–H and O–H groups in total. The van der Waals surface area contributed by atoms with Crippen LogP contribution in [-0.4, -0.2) is 38.3 Å². The van der Waals surface area contributed by atoms with Crippen molar-refractivity contribution in [2.24, 2.45) is 0 Å². The molecule has 0 radical (unpaired) electrons. The highest BCUT2D eigenvalue weighted by molar-refractivity contribution is 7.98. The Labute approximate surface area is 161 Å². The van der Waals surface area contributed by atoms with Gasteiger partial charge >= 0.3 is 0 Å². The largest absolute Gasteiger partial charge is 0.323 e. The molecule has 0 fully saturated rings. The Kier molecular flexibility index (Phi) is 6.45. The Hall–Kier alpha value is -2.59.